The molecule has 0 saturated carbocycles. The molecule has 0 atom stereocenters. The number of hydrogen-bond donors (Lipinski definition) is 1. The first-order chi connectivity index (χ1) is 19.4. The van der Waals surface area contributed by atoms with Crippen LogP contribution in [0.5, 0.6) is 23.0 Å². The number of unbranched alkanes of at least 4 members (excludes halogenated alkanes) is 1. The lowest BCUT2D eigenvalue weighted by molar-refractivity contribution is 0.0952. The number of amides is 1. The Morgan fingerprint density at radius 1 is 0.875 bits per heavy atom. The Labute approximate surface area is 236 Å². The van der Waals surface area contributed by atoms with Gasteiger partial charge >= 0.3 is 0 Å². The zero-order valence-electron chi connectivity index (χ0n) is 24.1. The molecule has 0 unspecified atom stereocenters. The number of fused-ring (bicyclic) bond motifs is 1. The number of carbonyl (C=O) groups excluding carboxylic acids is 1. The summed E-state index contributed by atoms with van der Waals surface area (Å²) in [7, 11) is 4.60. The molecule has 3 aromatic carbocycles. The van der Waals surface area contributed by atoms with Crippen LogP contribution in [-0.2, 0) is 13.0 Å². The molecule has 1 aromatic heterocycles. The van der Waals surface area contributed by atoms with E-state index in [-0.39, 0.29) is 5.91 Å². The summed E-state index contributed by atoms with van der Waals surface area (Å²) < 4.78 is 24.4. The lowest BCUT2D eigenvalue weighted by atomic mass is 10.1. The minimum absolute atomic E-state index is 0.198. The summed E-state index contributed by atoms with van der Waals surface area (Å²) in [4.78, 5) is 17.7. The van der Waals surface area contributed by atoms with Crippen LogP contribution in [0, 0.1) is 13.8 Å². The maximum atomic E-state index is 12.8. The van der Waals surface area contributed by atoms with Crippen molar-refractivity contribution in [3.8, 4) is 23.0 Å². The van der Waals surface area contributed by atoms with Crippen LogP contribution in [0.4, 0.5) is 0 Å². The average molecular weight is 546 g/mol. The Hall–Kier alpha value is -4.20. The molecule has 4 aromatic rings. The Morgan fingerprint density at radius 2 is 1.62 bits per heavy atom. The standard InChI is InChI=1S/C32H39N3O5/c1-22-14-15-23(2)27(19-22)40-18-9-8-17-35-26-12-7-6-11-25(26)34-30(35)13-10-16-33-32(36)24-20-28(37-3)31(39-5)29(21-24)38-4/h6-7,11-12,14-15,19-21H,8-10,13,16-18H2,1-5H3,(H,33,36). The predicted octanol–water partition coefficient (Wildman–Crippen LogP) is 5.90. The lowest BCUT2D eigenvalue weighted by Gasteiger charge is -2.14. The van der Waals surface area contributed by atoms with Crippen molar-refractivity contribution < 1.29 is 23.7 Å². The molecule has 0 bridgehead atoms. The number of hydrogen-bond acceptors (Lipinski definition) is 6. The van der Waals surface area contributed by atoms with Crippen LogP contribution in [0.25, 0.3) is 11.0 Å². The largest absolute Gasteiger partial charge is 0.493 e. The number of methoxy groups -OCH3 is 3. The number of benzene rings is 3. The van der Waals surface area contributed by atoms with Crippen LogP contribution in [0.15, 0.2) is 54.6 Å². The van der Waals surface area contributed by atoms with E-state index in [1.54, 1.807) is 12.1 Å². The monoisotopic (exact) mass is 545 g/mol. The minimum atomic E-state index is -0.198. The van der Waals surface area contributed by atoms with Gasteiger partial charge in [0.05, 0.1) is 39.0 Å². The van der Waals surface area contributed by atoms with Crippen molar-refractivity contribution in [3.05, 3.63) is 77.1 Å². The molecule has 8 heteroatoms. The SMILES string of the molecule is COc1cc(C(=O)NCCCc2nc3ccccc3n2CCCCOc2cc(C)ccc2C)cc(OC)c1OC. The number of aromatic nitrogens is 2. The van der Waals surface area contributed by atoms with Crippen molar-refractivity contribution >= 4 is 16.9 Å². The highest BCUT2D eigenvalue weighted by Gasteiger charge is 2.17. The van der Waals surface area contributed by atoms with Crippen LogP contribution in [0.3, 0.4) is 0 Å². The molecule has 0 fully saturated rings. The van der Waals surface area contributed by atoms with E-state index in [0.29, 0.717) is 36.0 Å². The Bertz CT molecular complexity index is 1420. The van der Waals surface area contributed by atoms with Crippen LogP contribution in [0.1, 0.15) is 46.6 Å². The highest BCUT2D eigenvalue weighted by Crippen LogP contribution is 2.38. The van der Waals surface area contributed by atoms with Gasteiger partial charge in [-0.15, -0.1) is 0 Å². The second-order valence-electron chi connectivity index (χ2n) is 9.77. The van der Waals surface area contributed by atoms with Crippen molar-refractivity contribution in [2.45, 2.75) is 46.1 Å². The maximum absolute atomic E-state index is 12.8. The molecule has 1 N–H and O–H groups in total. The van der Waals surface area contributed by atoms with Gasteiger partial charge in [0.15, 0.2) is 11.5 Å². The Morgan fingerprint density at radius 3 is 2.35 bits per heavy atom. The van der Waals surface area contributed by atoms with E-state index in [1.165, 1.54) is 26.9 Å². The van der Waals surface area contributed by atoms with Crippen molar-refractivity contribution in [2.24, 2.45) is 0 Å². The van der Waals surface area contributed by atoms with E-state index in [9.17, 15) is 4.79 Å². The summed E-state index contributed by atoms with van der Waals surface area (Å²) in [5, 5.41) is 3.00. The summed E-state index contributed by atoms with van der Waals surface area (Å²) >= 11 is 0. The van der Waals surface area contributed by atoms with E-state index >= 15 is 0 Å². The Balaban J connectivity index is 1.33. The number of imidazole rings is 1. The molecule has 0 spiro atoms. The molecule has 0 aliphatic heterocycles. The van der Waals surface area contributed by atoms with Gasteiger partial charge in [-0.2, -0.15) is 0 Å². The van der Waals surface area contributed by atoms with Crippen molar-refractivity contribution in [1.82, 2.24) is 14.9 Å². The smallest absolute Gasteiger partial charge is 0.251 e. The summed E-state index contributed by atoms with van der Waals surface area (Å²) in [6.45, 7) is 6.22. The van der Waals surface area contributed by atoms with Gasteiger partial charge in [0.2, 0.25) is 5.75 Å². The average Bonchev–Trinajstić information content (AvgIpc) is 3.32. The minimum Gasteiger partial charge on any atom is -0.493 e. The van der Waals surface area contributed by atoms with E-state index in [1.807, 2.05) is 18.2 Å². The third-order valence-corrected chi connectivity index (χ3v) is 6.90. The first kappa shape index (κ1) is 28.8. The van der Waals surface area contributed by atoms with E-state index in [0.717, 1.165) is 60.4 Å². The fourth-order valence-electron chi connectivity index (χ4n) is 4.75. The fraction of sp³-hybridized carbons (Fsp3) is 0.375. The number of ether oxygens (including phenoxy) is 4. The van der Waals surface area contributed by atoms with E-state index in [2.05, 4.69) is 48.0 Å². The Kier molecular flexibility index (Phi) is 9.89. The number of nitrogens with zero attached hydrogens (tertiary/aromatic N) is 2. The highest BCUT2D eigenvalue weighted by molar-refractivity contribution is 5.95. The van der Waals surface area contributed by atoms with Crippen LogP contribution in [-0.4, -0.2) is 49.9 Å². The van der Waals surface area contributed by atoms with E-state index < -0.39 is 0 Å². The first-order valence-electron chi connectivity index (χ1n) is 13.7. The molecule has 40 heavy (non-hydrogen) atoms. The van der Waals surface area contributed by atoms with Crippen LogP contribution >= 0.6 is 0 Å². The van der Waals surface area contributed by atoms with Crippen molar-refractivity contribution in [3.63, 3.8) is 0 Å². The molecule has 4 rings (SSSR count). The second kappa shape index (κ2) is 13.7. The zero-order valence-corrected chi connectivity index (χ0v) is 24.1. The molecule has 0 aliphatic carbocycles. The summed E-state index contributed by atoms with van der Waals surface area (Å²) in [5.41, 5.74) is 4.94. The summed E-state index contributed by atoms with van der Waals surface area (Å²) in [6, 6.07) is 17.8. The van der Waals surface area contributed by atoms with Gasteiger partial charge in [0.1, 0.15) is 11.6 Å². The van der Waals surface area contributed by atoms with Gasteiger partial charge in [-0.05, 0) is 74.6 Å². The zero-order chi connectivity index (χ0) is 28.5. The normalized spacial score (nSPS) is 10.9. The van der Waals surface area contributed by atoms with Crippen LogP contribution < -0.4 is 24.3 Å². The number of rotatable bonds is 14. The predicted molar refractivity (Wildman–Crippen MR) is 157 cm³/mol. The van der Waals surface area contributed by atoms with Crippen LogP contribution in [0.2, 0.25) is 0 Å². The summed E-state index contributed by atoms with van der Waals surface area (Å²) in [5.74, 6) is 3.13. The first-order valence-corrected chi connectivity index (χ1v) is 13.7. The summed E-state index contributed by atoms with van der Waals surface area (Å²) in [6.07, 6.45) is 3.44. The number of carbonyl (C=O) groups is 1. The van der Waals surface area contributed by atoms with Gasteiger partial charge in [-0.3, -0.25) is 4.79 Å². The number of aryl methyl sites for hydroxylation is 4. The molecule has 1 amide bonds. The van der Waals surface area contributed by atoms with Gasteiger partial charge in [-0.25, -0.2) is 4.98 Å². The number of nitrogens with one attached hydrogen (secondary N) is 1. The van der Waals surface area contributed by atoms with Crippen molar-refractivity contribution in [1.29, 1.82) is 0 Å². The lowest BCUT2D eigenvalue weighted by Crippen LogP contribution is -2.25. The maximum Gasteiger partial charge on any atom is 0.251 e. The molecular formula is C32H39N3O5. The fourth-order valence-corrected chi connectivity index (χ4v) is 4.75. The van der Waals surface area contributed by atoms with Crippen molar-refractivity contribution in [2.75, 3.05) is 34.5 Å². The quantitative estimate of drug-likeness (QED) is 0.199. The van der Waals surface area contributed by atoms with Gasteiger partial charge in [-0.1, -0.05) is 24.3 Å². The van der Waals surface area contributed by atoms with Gasteiger partial charge < -0.3 is 28.8 Å². The third kappa shape index (κ3) is 6.86. The second-order valence-corrected chi connectivity index (χ2v) is 9.77. The molecule has 0 aliphatic rings. The molecule has 0 radical (unpaired) electrons. The molecule has 212 valence electrons. The molecule has 0 saturated heterocycles. The molecule has 1 heterocycles. The topological polar surface area (TPSA) is 83.8 Å². The van der Waals surface area contributed by atoms with Gasteiger partial charge in [0, 0.05) is 25.1 Å². The third-order valence-electron chi connectivity index (χ3n) is 6.90. The highest BCUT2D eigenvalue weighted by atomic mass is 16.5. The molecular weight excluding hydrogens is 506 g/mol. The van der Waals surface area contributed by atoms with Gasteiger partial charge in [0.25, 0.3) is 5.91 Å². The molecule has 8 nitrogen and oxygen atoms in total. The number of para-hydroxylation sites is 2. The van der Waals surface area contributed by atoms with E-state index in [4.69, 9.17) is 23.9 Å².